The molecule has 1 unspecified atom stereocenters. The summed E-state index contributed by atoms with van der Waals surface area (Å²) in [6.07, 6.45) is 1.59. The van der Waals surface area contributed by atoms with E-state index in [2.05, 4.69) is 16.7 Å². The SMILES string of the molecule is CC[C@H](C)[C@@H]([C@@H](CC(=O)N1CCC[C@H]1[C@H](OC)[C@@H](C)C(=O)N[C@H](CC#N)Cc1ccc(N)cc1)OC)N(C)C(=O)C(NC(=O)[C@H](C(C)C)N(C)C)C(C)C. The van der Waals surface area contributed by atoms with E-state index in [-0.39, 0.29) is 60.3 Å². The van der Waals surface area contributed by atoms with Crippen LogP contribution >= 0.6 is 0 Å². The van der Waals surface area contributed by atoms with Crippen LogP contribution in [0.3, 0.4) is 0 Å². The van der Waals surface area contributed by atoms with Crippen molar-refractivity contribution >= 4 is 29.3 Å². The van der Waals surface area contributed by atoms with E-state index in [9.17, 15) is 24.4 Å². The normalized spacial score (nSPS) is 19.0. The smallest absolute Gasteiger partial charge is 0.245 e. The van der Waals surface area contributed by atoms with Crippen molar-refractivity contribution in [2.24, 2.45) is 23.7 Å². The number of carbonyl (C=O) groups excluding carboxylic acids is 4. The maximum Gasteiger partial charge on any atom is 0.245 e. The largest absolute Gasteiger partial charge is 0.399 e. The first-order valence-corrected chi connectivity index (χ1v) is 19.5. The van der Waals surface area contributed by atoms with Crippen molar-refractivity contribution in [2.75, 3.05) is 47.6 Å². The van der Waals surface area contributed by atoms with Crippen molar-refractivity contribution in [2.45, 2.75) is 129 Å². The lowest BCUT2D eigenvalue weighted by Crippen LogP contribution is -2.59. The number of carbonyl (C=O) groups is 4. The molecule has 0 saturated carbocycles. The third kappa shape index (κ3) is 12.4. The summed E-state index contributed by atoms with van der Waals surface area (Å²) in [5.74, 6) is -1.59. The number of hydrogen-bond acceptors (Lipinski definition) is 9. The number of nitriles is 1. The highest BCUT2D eigenvalue weighted by molar-refractivity contribution is 5.90. The molecule has 1 aromatic carbocycles. The molecule has 54 heavy (non-hydrogen) atoms. The minimum absolute atomic E-state index is 0.0233. The molecule has 13 heteroatoms. The molecule has 9 atom stereocenters. The first-order chi connectivity index (χ1) is 25.4. The van der Waals surface area contributed by atoms with Crippen LogP contribution in [-0.2, 0) is 35.1 Å². The second kappa shape index (κ2) is 22.0. The summed E-state index contributed by atoms with van der Waals surface area (Å²) in [4.78, 5) is 60.8. The number of nitrogens with zero attached hydrogens (tertiary/aromatic N) is 4. The van der Waals surface area contributed by atoms with Crippen LogP contribution in [0.4, 0.5) is 5.69 Å². The molecule has 13 nitrogen and oxygen atoms in total. The Morgan fingerprint density at radius 1 is 0.963 bits per heavy atom. The number of anilines is 1. The number of nitrogens with two attached hydrogens (primary N) is 1. The molecule has 0 aromatic heterocycles. The van der Waals surface area contributed by atoms with Crippen LogP contribution in [-0.4, -0.2) is 123 Å². The van der Waals surface area contributed by atoms with Gasteiger partial charge in [0.2, 0.25) is 23.6 Å². The van der Waals surface area contributed by atoms with E-state index in [0.29, 0.717) is 25.1 Å². The van der Waals surface area contributed by atoms with Crippen LogP contribution in [0.15, 0.2) is 24.3 Å². The molecule has 1 fully saturated rings. The Hall–Kier alpha value is -3.73. The molecule has 1 aliphatic heterocycles. The monoisotopic (exact) mass is 756 g/mol. The first-order valence-electron chi connectivity index (χ1n) is 19.5. The Bertz CT molecular complexity index is 1390. The second-order valence-corrected chi connectivity index (χ2v) is 16.0. The average Bonchev–Trinajstić information content (AvgIpc) is 3.60. The Kier molecular flexibility index (Phi) is 18.9. The van der Waals surface area contributed by atoms with Crippen LogP contribution in [0.1, 0.15) is 86.1 Å². The predicted molar refractivity (Wildman–Crippen MR) is 212 cm³/mol. The molecule has 1 aliphatic rings. The number of rotatable bonds is 21. The van der Waals surface area contributed by atoms with Gasteiger partial charge in [0.15, 0.2) is 0 Å². The number of likely N-dealkylation sites (tertiary alicyclic amines) is 1. The Morgan fingerprint density at radius 2 is 1.59 bits per heavy atom. The summed E-state index contributed by atoms with van der Waals surface area (Å²) in [5.41, 5.74) is 7.42. The quantitative estimate of drug-likeness (QED) is 0.158. The highest BCUT2D eigenvalue weighted by Crippen LogP contribution is 2.30. The van der Waals surface area contributed by atoms with E-state index < -0.39 is 42.3 Å². The Labute approximate surface area is 324 Å². The number of ether oxygens (including phenoxy) is 2. The van der Waals surface area contributed by atoms with Crippen LogP contribution in [0.25, 0.3) is 0 Å². The number of methoxy groups -OCH3 is 2. The van der Waals surface area contributed by atoms with Gasteiger partial charge in [-0.15, -0.1) is 0 Å². The minimum atomic E-state index is -0.763. The molecule has 304 valence electrons. The number of nitrogen functional groups attached to an aromatic ring is 1. The van der Waals surface area contributed by atoms with Crippen molar-refractivity contribution in [3.63, 3.8) is 0 Å². The maximum absolute atomic E-state index is 14.2. The van der Waals surface area contributed by atoms with Gasteiger partial charge in [-0.05, 0) is 68.8 Å². The van der Waals surface area contributed by atoms with E-state index in [1.165, 1.54) is 0 Å². The number of hydrogen-bond donors (Lipinski definition) is 3. The lowest BCUT2D eigenvalue weighted by atomic mass is 9.89. The van der Waals surface area contributed by atoms with Crippen molar-refractivity contribution in [3.8, 4) is 6.07 Å². The van der Waals surface area contributed by atoms with Gasteiger partial charge in [0.25, 0.3) is 0 Å². The van der Waals surface area contributed by atoms with Crippen LogP contribution in [0.5, 0.6) is 0 Å². The zero-order chi connectivity index (χ0) is 40.9. The molecule has 0 spiro atoms. The van der Waals surface area contributed by atoms with Gasteiger partial charge in [-0.25, -0.2) is 0 Å². The van der Waals surface area contributed by atoms with E-state index in [4.69, 9.17) is 15.2 Å². The van der Waals surface area contributed by atoms with Gasteiger partial charge in [-0.1, -0.05) is 67.0 Å². The lowest BCUT2D eigenvalue weighted by molar-refractivity contribution is -0.148. The summed E-state index contributed by atoms with van der Waals surface area (Å²) < 4.78 is 12.0. The van der Waals surface area contributed by atoms with Crippen molar-refractivity contribution < 1.29 is 28.7 Å². The molecule has 1 heterocycles. The Balaban J connectivity index is 2.27. The summed E-state index contributed by atoms with van der Waals surface area (Å²) in [6.45, 7) is 14.2. The van der Waals surface area contributed by atoms with Gasteiger partial charge in [0, 0.05) is 39.5 Å². The third-order valence-corrected chi connectivity index (χ3v) is 11.1. The topological polar surface area (TPSA) is 170 Å². The third-order valence-electron chi connectivity index (χ3n) is 11.1. The van der Waals surface area contributed by atoms with Crippen molar-refractivity contribution in [1.82, 2.24) is 25.3 Å². The number of nitrogens with one attached hydrogen (secondary N) is 2. The van der Waals surface area contributed by atoms with Crippen LogP contribution < -0.4 is 16.4 Å². The van der Waals surface area contributed by atoms with Gasteiger partial charge in [0.1, 0.15) is 6.04 Å². The Morgan fingerprint density at radius 3 is 2.09 bits per heavy atom. The van der Waals surface area contributed by atoms with Gasteiger partial charge in [-0.2, -0.15) is 5.26 Å². The van der Waals surface area contributed by atoms with E-state index in [1.54, 1.807) is 50.1 Å². The van der Waals surface area contributed by atoms with E-state index in [1.807, 2.05) is 72.7 Å². The molecular weight excluding hydrogens is 686 g/mol. The highest BCUT2D eigenvalue weighted by atomic mass is 16.5. The second-order valence-electron chi connectivity index (χ2n) is 16.0. The zero-order valence-corrected chi connectivity index (χ0v) is 34.9. The molecule has 1 saturated heterocycles. The molecular formula is C41H69N7O6. The summed E-state index contributed by atoms with van der Waals surface area (Å²) in [5, 5.41) is 15.6. The summed E-state index contributed by atoms with van der Waals surface area (Å²) in [7, 11) is 8.56. The van der Waals surface area contributed by atoms with Crippen LogP contribution in [0, 0.1) is 35.0 Å². The molecule has 2 rings (SSSR count). The van der Waals surface area contributed by atoms with Gasteiger partial charge in [-0.3, -0.25) is 24.1 Å². The molecule has 0 radical (unpaired) electrons. The molecule has 1 aromatic rings. The number of likely N-dealkylation sites (N-methyl/N-ethyl adjacent to an activating group) is 2. The fraction of sp³-hybridized carbons (Fsp3) is 0.732. The zero-order valence-electron chi connectivity index (χ0n) is 34.9. The first kappa shape index (κ1) is 46.4. The highest BCUT2D eigenvalue weighted by Gasteiger charge is 2.43. The molecule has 0 aliphatic carbocycles. The van der Waals surface area contributed by atoms with E-state index >= 15 is 0 Å². The van der Waals surface area contributed by atoms with Crippen molar-refractivity contribution in [3.05, 3.63) is 29.8 Å². The fourth-order valence-corrected chi connectivity index (χ4v) is 7.97. The van der Waals surface area contributed by atoms with Crippen molar-refractivity contribution in [1.29, 1.82) is 5.26 Å². The summed E-state index contributed by atoms with van der Waals surface area (Å²) in [6, 6.07) is 7.17. The van der Waals surface area contributed by atoms with Gasteiger partial charge >= 0.3 is 0 Å². The summed E-state index contributed by atoms with van der Waals surface area (Å²) >= 11 is 0. The van der Waals surface area contributed by atoms with Gasteiger partial charge in [0.05, 0.1) is 55.2 Å². The molecule has 4 amide bonds. The predicted octanol–water partition coefficient (Wildman–Crippen LogP) is 3.86. The minimum Gasteiger partial charge on any atom is -0.399 e. The van der Waals surface area contributed by atoms with Crippen LogP contribution in [0.2, 0.25) is 0 Å². The standard InChI is InChI=1S/C41H69N7O6/c1-13-27(6)37(47(10)41(52)35(25(2)3)45-40(51)36(26(4)5)46(8)9)33(53-11)24-34(49)48-22-14-15-32(48)38(54-12)28(7)39(50)44-31(20-21-42)23-29-16-18-30(43)19-17-29/h16-19,25-28,31-33,35-38H,13-15,20,22-24,43H2,1-12H3,(H,44,50)(H,45,51)/t27-,28+,31+,32-,33+,35?,36-,37-,38+/m0/s1. The molecule has 4 N–H and O–H groups in total. The van der Waals surface area contributed by atoms with Gasteiger partial charge < -0.3 is 35.6 Å². The lowest BCUT2D eigenvalue weighted by Gasteiger charge is -2.41. The van der Waals surface area contributed by atoms with E-state index in [0.717, 1.165) is 18.4 Å². The number of benzene rings is 1. The number of amides is 4. The average molecular weight is 756 g/mol. The maximum atomic E-state index is 14.2. The molecule has 0 bridgehead atoms. The fourth-order valence-electron chi connectivity index (χ4n) is 7.97.